The second-order valence-electron chi connectivity index (χ2n) is 7.96. The molecule has 156 valence electrons. The van der Waals surface area contributed by atoms with E-state index in [1.165, 1.54) is 37.0 Å². The summed E-state index contributed by atoms with van der Waals surface area (Å²) in [7, 11) is 0. The summed E-state index contributed by atoms with van der Waals surface area (Å²) in [5, 5.41) is 15.7. The molecule has 0 saturated heterocycles. The number of aliphatic imine (C=N–C) groups is 1. The number of guanidine groups is 1. The number of thioether (sulfide) groups is 1. The number of aromatic nitrogens is 3. The number of hydrogen-bond acceptors (Lipinski definition) is 4. The van der Waals surface area contributed by atoms with Crippen molar-refractivity contribution >= 4 is 17.7 Å². The van der Waals surface area contributed by atoms with Gasteiger partial charge in [-0.05, 0) is 44.7 Å². The molecular formula is C22H32N6S. The van der Waals surface area contributed by atoms with Gasteiger partial charge in [0.1, 0.15) is 11.6 Å². The first-order valence-corrected chi connectivity index (χ1v) is 11.8. The second kappa shape index (κ2) is 9.65. The van der Waals surface area contributed by atoms with E-state index in [1.807, 2.05) is 11.8 Å². The number of aryl methyl sites for hydroxylation is 1. The molecule has 1 fully saturated rings. The van der Waals surface area contributed by atoms with Crippen LogP contribution in [0, 0.1) is 0 Å². The number of nitrogens with zero attached hydrogens (tertiary/aromatic N) is 4. The first kappa shape index (κ1) is 20.3. The Hall–Kier alpha value is -2.02. The Bertz CT molecular complexity index is 812. The van der Waals surface area contributed by atoms with Crippen LogP contribution in [0.3, 0.4) is 0 Å². The van der Waals surface area contributed by atoms with Crippen molar-refractivity contribution in [2.75, 3.05) is 19.6 Å². The number of rotatable bonds is 8. The summed E-state index contributed by atoms with van der Waals surface area (Å²) >= 11 is 1.97. The van der Waals surface area contributed by atoms with Crippen molar-refractivity contribution < 1.29 is 0 Å². The van der Waals surface area contributed by atoms with Gasteiger partial charge >= 0.3 is 0 Å². The molecule has 0 atom stereocenters. The number of fused-ring (bicyclic) bond motifs is 1. The van der Waals surface area contributed by atoms with Gasteiger partial charge in [-0.25, -0.2) is 0 Å². The maximum atomic E-state index is 4.90. The third kappa shape index (κ3) is 5.53. The van der Waals surface area contributed by atoms with E-state index in [9.17, 15) is 0 Å². The van der Waals surface area contributed by atoms with Crippen LogP contribution in [-0.2, 0) is 19.4 Å². The van der Waals surface area contributed by atoms with E-state index in [0.29, 0.717) is 0 Å². The van der Waals surface area contributed by atoms with Crippen LogP contribution in [0.5, 0.6) is 0 Å². The molecule has 1 aromatic heterocycles. The predicted molar refractivity (Wildman–Crippen MR) is 120 cm³/mol. The first-order valence-electron chi connectivity index (χ1n) is 11.0. The summed E-state index contributed by atoms with van der Waals surface area (Å²) in [4.78, 5) is 6.23. The highest BCUT2D eigenvalue weighted by Gasteiger charge is 2.43. The van der Waals surface area contributed by atoms with Gasteiger partial charge in [0.05, 0.1) is 6.54 Å². The van der Waals surface area contributed by atoms with E-state index >= 15 is 0 Å². The molecule has 7 heteroatoms. The second-order valence-corrected chi connectivity index (χ2v) is 9.51. The van der Waals surface area contributed by atoms with Gasteiger partial charge in [0.25, 0.3) is 0 Å². The van der Waals surface area contributed by atoms with Crippen LogP contribution < -0.4 is 10.6 Å². The standard InChI is InChI=1S/C22H32N6S/c1-2-23-21(25-17-22(13-14-22)29-18-9-5-3-6-10-18)24-15-12-20-27-26-19-11-7-4-8-16-28(19)20/h3,5-6,9-10H,2,4,7-8,11-17H2,1H3,(H2,23,24,25). The van der Waals surface area contributed by atoms with Crippen molar-refractivity contribution in [1.29, 1.82) is 0 Å². The van der Waals surface area contributed by atoms with Crippen molar-refractivity contribution in [2.24, 2.45) is 4.99 Å². The first-order chi connectivity index (χ1) is 14.3. The quantitative estimate of drug-likeness (QED) is 0.514. The van der Waals surface area contributed by atoms with Crippen molar-refractivity contribution in [3.05, 3.63) is 42.0 Å². The zero-order chi connectivity index (χ0) is 19.9. The van der Waals surface area contributed by atoms with Gasteiger partial charge in [0.15, 0.2) is 5.96 Å². The van der Waals surface area contributed by atoms with E-state index < -0.39 is 0 Å². The van der Waals surface area contributed by atoms with Crippen molar-refractivity contribution in [3.63, 3.8) is 0 Å². The number of nitrogens with one attached hydrogen (secondary N) is 2. The van der Waals surface area contributed by atoms with Gasteiger partial charge in [-0.15, -0.1) is 22.0 Å². The molecule has 0 amide bonds. The highest BCUT2D eigenvalue weighted by atomic mass is 32.2. The Kier molecular flexibility index (Phi) is 6.74. The molecule has 1 aliphatic heterocycles. The number of hydrogen-bond donors (Lipinski definition) is 2. The van der Waals surface area contributed by atoms with E-state index in [0.717, 1.165) is 56.6 Å². The molecule has 1 aromatic carbocycles. The lowest BCUT2D eigenvalue weighted by molar-refractivity contribution is 0.600. The van der Waals surface area contributed by atoms with Gasteiger partial charge in [0.2, 0.25) is 0 Å². The Morgan fingerprint density at radius 1 is 1.14 bits per heavy atom. The zero-order valence-electron chi connectivity index (χ0n) is 17.4. The summed E-state index contributed by atoms with van der Waals surface area (Å²) in [6, 6.07) is 10.7. The van der Waals surface area contributed by atoms with Crippen molar-refractivity contribution in [3.8, 4) is 0 Å². The summed E-state index contributed by atoms with van der Waals surface area (Å²) in [5.41, 5.74) is 0. The van der Waals surface area contributed by atoms with Crippen LogP contribution in [0.15, 0.2) is 40.2 Å². The van der Waals surface area contributed by atoms with Crippen LogP contribution in [0.25, 0.3) is 0 Å². The van der Waals surface area contributed by atoms with Crippen LogP contribution in [0.1, 0.15) is 50.7 Å². The molecule has 1 saturated carbocycles. The highest BCUT2D eigenvalue weighted by Crippen LogP contribution is 2.51. The van der Waals surface area contributed by atoms with Gasteiger partial charge in [-0.2, -0.15) is 0 Å². The summed E-state index contributed by atoms with van der Waals surface area (Å²) in [6.07, 6.45) is 8.17. The predicted octanol–water partition coefficient (Wildman–Crippen LogP) is 3.43. The molecule has 29 heavy (non-hydrogen) atoms. The fourth-order valence-corrected chi connectivity index (χ4v) is 4.99. The van der Waals surface area contributed by atoms with Gasteiger partial charge < -0.3 is 15.2 Å². The van der Waals surface area contributed by atoms with Crippen LogP contribution in [-0.4, -0.2) is 45.1 Å². The Morgan fingerprint density at radius 3 is 2.79 bits per heavy atom. The average molecular weight is 413 g/mol. The molecule has 0 radical (unpaired) electrons. The zero-order valence-corrected chi connectivity index (χ0v) is 18.2. The highest BCUT2D eigenvalue weighted by molar-refractivity contribution is 8.01. The fraction of sp³-hybridized carbons (Fsp3) is 0.591. The minimum Gasteiger partial charge on any atom is -0.357 e. The third-order valence-corrected chi connectivity index (χ3v) is 7.06. The van der Waals surface area contributed by atoms with E-state index in [1.54, 1.807) is 0 Å². The van der Waals surface area contributed by atoms with Gasteiger partial charge in [-0.3, -0.25) is 4.99 Å². The Balaban J connectivity index is 1.31. The molecular weight excluding hydrogens is 380 g/mol. The minimum absolute atomic E-state index is 0.272. The lowest BCUT2D eigenvalue weighted by atomic mass is 10.2. The average Bonchev–Trinajstić information content (AvgIpc) is 3.46. The van der Waals surface area contributed by atoms with Crippen LogP contribution in [0.2, 0.25) is 0 Å². The minimum atomic E-state index is 0.272. The maximum Gasteiger partial charge on any atom is 0.191 e. The SMILES string of the molecule is CCNC(=NCC1(Sc2ccccc2)CC1)NCCc1nnc2n1CCCCC2. The van der Waals surface area contributed by atoms with Gasteiger partial charge in [0, 0.05) is 42.1 Å². The molecule has 0 spiro atoms. The van der Waals surface area contributed by atoms with E-state index in [-0.39, 0.29) is 4.75 Å². The molecule has 2 N–H and O–H groups in total. The summed E-state index contributed by atoms with van der Waals surface area (Å²) in [5.74, 6) is 3.17. The molecule has 2 aromatic rings. The molecule has 1 aliphatic carbocycles. The lowest BCUT2D eigenvalue weighted by Gasteiger charge is -2.15. The molecule has 0 unspecified atom stereocenters. The molecule has 6 nitrogen and oxygen atoms in total. The van der Waals surface area contributed by atoms with E-state index in [4.69, 9.17) is 4.99 Å². The smallest absolute Gasteiger partial charge is 0.191 e. The fourth-order valence-electron chi connectivity index (χ4n) is 3.76. The molecule has 2 aliphatic rings. The monoisotopic (exact) mass is 412 g/mol. The summed E-state index contributed by atoms with van der Waals surface area (Å²) in [6.45, 7) is 5.71. The van der Waals surface area contributed by atoms with Crippen LogP contribution >= 0.6 is 11.8 Å². The summed E-state index contributed by atoms with van der Waals surface area (Å²) < 4.78 is 2.60. The number of benzene rings is 1. The molecule has 2 heterocycles. The largest absolute Gasteiger partial charge is 0.357 e. The lowest BCUT2D eigenvalue weighted by Crippen LogP contribution is -2.39. The van der Waals surface area contributed by atoms with Crippen molar-refractivity contribution in [2.45, 2.75) is 68.1 Å². The maximum absolute atomic E-state index is 4.90. The normalized spacial score (nSPS) is 18.0. The van der Waals surface area contributed by atoms with E-state index in [2.05, 4.69) is 62.7 Å². The molecule has 0 bridgehead atoms. The van der Waals surface area contributed by atoms with Crippen LogP contribution in [0.4, 0.5) is 0 Å². The topological polar surface area (TPSA) is 67.1 Å². The molecule has 4 rings (SSSR count). The Labute approximate surface area is 178 Å². The van der Waals surface area contributed by atoms with Gasteiger partial charge in [-0.1, -0.05) is 24.6 Å². The Morgan fingerprint density at radius 2 is 2.00 bits per heavy atom. The van der Waals surface area contributed by atoms with Crippen molar-refractivity contribution in [1.82, 2.24) is 25.4 Å². The third-order valence-electron chi connectivity index (χ3n) is 5.58.